The number of carbonyl (C=O) groups excluding carboxylic acids is 1. The molecule has 0 saturated carbocycles. The Morgan fingerprint density at radius 1 is 1.32 bits per heavy atom. The van der Waals surface area contributed by atoms with E-state index in [0.717, 1.165) is 0 Å². The molecule has 0 atom stereocenters. The number of hydrogen-bond acceptors (Lipinski definition) is 2. The smallest absolute Gasteiger partial charge is 0.222 e. The molecule has 3 nitrogen and oxygen atoms in total. The summed E-state index contributed by atoms with van der Waals surface area (Å²) in [6.07, 6.45) is 1.22. The fourth-order valence-corrected chi connectivity index (χ4v) is 1.93. The van der Waals surface area contributed by atoms with E-state index in [4.69, 9.17) is 5.73 Å². The first-order valence-corrected chi connectivity index (χ1v) is 6.78. The lowest BCUT2D eigenvalue weighted by molar-refractivity contribution is -0.130. The van der Waals surface area contributed by atoms with Gasteiger partial charge in [0.1, 0.15) is 0 Å². The second-order valence-corrected chi connectivity index (χ2v) is 6.17. The van der Waals surface area contributed by atoms with Gasteiger partial charge in [-0.3, -0.25) is 4.79 Å². The summed E-state index contributed by atoms with van der Waals surface area (Å²) in [7, 11) is 1.85. The van der Waals surface area contributed by atoms with Crippen LogP contribution in [0.25, 0.3) is 0 Å². The van der Waals surface area contributed by atoms with Crippen LogP contribution in [0, 0.1) is 13.8 Å². The van der Waals surface area contributed by atoms with E-state index in [1.54, 1.807) is 4.90 Å². The topological polar surface area (TPSA) is 46.3 Å². The summed E-state index contributed by atoms with van der Waals surface area (Å²) in [5.74, 6) is 0.152. The van der Waals surface area contributed by atoms with Crippen LogP contribution in [-0.4, -0.2) is 23.4 Å². The summed E-state index contributed by atoms with van der Waals surface area (Å²) in [5, 5.41) is 0. The third-order valence-corrected chi connectivity index (χ3v) is 3.32. The van der Waals surface area contributed by atoms with Gasteiger partial charge in [0.05, 0.1) is 0 Å². The molecule has 1 rings (SSSR count). The van der Waals surface area contributed by atoms with Crippen LogP contribution in [0.15, 0.2) is 18.2 Å². The van der Waals surface area contributed by atoms with E-state index in [0.29, 0.717) is 19.4 Å². The molecule has 0 saturated heterocycles. The summed E-state index contributed by atoms with van der Waals surface area (Å²) >= 11 is 0. The molecule has 0 aliphatic carbocycles. The molecule has 1 amide bonds. The first kappa shape index (κ1) is 15.7. The minimum Gasteiger partial charge on any atom is -0.341 e. The van der Waals surface area contributed by atoms with Crippen LogP contribution in [0.4, 0.5) is 0 Å². The third kappa shape index (κ3) is 5.43. The average Bonchev–Trinajstić information content (AvgIpc) is 2.29. The summed E-state index contributed by atoms with van der Waals surface area (Å²) in [5.41, 5.74) is 9.29. The Hall–Kier alpha value is -1.35. The minimum atomic E-state index is -0.282. The van der Waals surface area contributed by atoms with Gasteiger partial charge in [-0.25, -0.2) is 0 Å². The monoisotopic (exact) mass is 262 g/mol. The summed E-state index contributed by atoms with van der Waals surface area (Å²) < 4.78 is 0. The standard InChI is InChI=1S/C16H26N2O/c1-12-6-7-13(2)14(10-12)11-18(5)15(19)8-9-16(3,4)17/h6-7,10H,8-9,11,17H2,1-5H3. The molecule has 1 aromatic rings. The number of carbonyl (C=O) groups is 1. The van der Waals surface area contributed by atoms with Gasteiger partial charge in [0.25, 0.3) is 0 Å². The Morgan fingerprint density at radius 3 is 2.53 bits per heavy atom. The second-order valence-electron chi connectivity index (χ2n) is 6.17. The molecule has 0 aliphatic heterocycles. The van der Waals surface area contributed by atoms with E-state index >= 15 is 0 Å². The molecule has 0 aromatic heterocycles. The van der Waals surface area contributed by atoms with Crippen molar-refractivity contribution in [2.24, 2.45) is 5.73 Å². The van der Waals surface area contributed by atoms with Gasteiger partial charge in [-0.15, -0.1) is 0 Å². The normalized spacial score (nSPS) is 11.5. The van der Waals surface area contributed by atoms with Gasteiger partial charge >= 0.3 is 0 Å². The highest BCUT2D eigenvalue weighted by molar-refractivity contribution is 5.76. The number of nitrogens with two attached hydrogens (primary N) is 1. The van der Waals surface area contributed by atoms with Crippen molar-refractivity contribution in [3.05, 3.63) is 34.9 Å². The molecule has 0 spiro atoms. The fourth-order valence-electron chi connectivity index (χ4n) is 1.93. The zero-order chi connectivity index (χ0) is 14.6. The van der Waals surface area contributed by atoms with Crippen molar-refractivity contribution in [2.45, 2.75) is 52.6 Å². The third-order valence-electron chi connectivity index (χ3n) is 3.32. The van der Waals surface area contributed by atoms with Crippen LogP contribution in [-0.2, 0) is 11.3 Å². The SMILES string of the molecule is Cc1ccc(C)c(CN(C)C(=O)CCC(C)(C)N)c1. The van der Waals surface area contributed by atoms with Crippen molar-refractivity contribution >= 4 is 5.91 Å². The fraction of sp³-hybridized carbons (Fsp3) is 0.562. The van der Waals surface area contributed by atoms with Crippen molar-refractivity contribution in [3.8, 4) is 0 Å². The predicted molar refractivity (Wildman–Crippen MR) is 79.9 cm³/mol. The van der Waals surface area contributed by atoms with Gasteiger partial charge in [0.2, 0.25) is 5.91 Å². The van der Waals surface area contributed by atoms with Gasteiger partial charge in [-0.1, -0.05) is 23.8 Å². The zero-order valence-electron chi connectivity index (χ0n) is 12.8. The second kappa shape index (κ2) is 6.20. The van der Waals surface area contributed by atoms with Crippen LogP contribution in [0.5, 0.6) is 0 Å². The van der Waals surface area contributed by atoms with Crippen molar-refractivity contribution < 1.29 is 4.79 Å². The van der Waals surface area contributed by atoms with Crippen LogP contribution in [0.1, 0.15) is 43.4 Å². The molecule has 3 heteroatoms. The molecule has 0 unspecified atom stereocenters. The number of hydrogen-bond donors (Lipinski definition) is 1. The first-order chi connectivity index (χ1) is 8.69. The Balaban J connectivity index is 2.61. The molecule has 0 fully saturated rings. The Labute approximate surface area is 116 Å². The van der Waals surface area contributed by atoms with E-state index in [1.165, 1.54) is 16.7 Å². The molecule has 19 heavy (non-hydrogen) atoms. The van der Waals surface area contributed by atoms with Gasteiger partial charge in [0, 0.05) is 25.6 Å². The van der Waals surface area contributed by atoms with Gasteiger partial charge in [0.15, 0.2) is 0 Å². The Morgan fingerprint density at radius 2 is 1.95 bits per heavy atom. The predicted octanol–water partition coefficient (Wildman–Crippen LogP) is 2.78. The molecular formula is C16H26N2O. The Bertz CT molecular complexity index is 447. The number of nitrogens with zero attached hydrogens (tertiary/aromatic N) is 1. The van der Waals surface area contributed by atoms with E-state index < -0.39 is 0 Å². The summed E-state index contributed by atoms with van der Waals surface area (Å²) in [4.78, 5) is 13.8. The van der Waals surface area contributed by atoms with Gasteiger partial charge in [-0.2, -0.15) is 0 Å². The Kier molecular flexibility index (Phi) is 5.12. The molecule has 0 aliphatic rings. The molecule has 0 heterocycles. The average molecular weight is 262 g/mol. The van der Waals surface area contributed by atoms with Crippen LogP contribution < -0.4 is 5.73 Å². The molecule has 2 N–H and O–H groups in total. The van der Waals surface area contributed by atoms with E-state index in [-0.39, 0.29) is 11.4 Å². The number of amides is 1. The number of benzene rings is 1. The quantitative estimate of drug-likeness (QED) is 0.887. The summed E-state index contributed by atoms with van der Waals surface area (Å²) in [6.45, 7) is 8.71. The number of aryl methyl sites for hydroxylation is 2. The highest BCUT2D eigenvalue weighted by atomic mass is 16.2. The van der Waals surface area contributed by atoms with E-state index in [1.807, 2.05) is 20.9 Å². The zero-order valence-corrected chi connectivity index (χ0v) is 12.8. The van der Waals surface area contributed by atoms with Crippen LogP contribution >= 0.6 is 0 Å². The van der Waals surface area contributed by atoms with Crippen molar-refractivity contribution in [1.82, 2.24) is 4.90 Å². The highest BCUT2D eigenvalue weighted by Crippen LogP contribution is 2.14. The van der Waals surface area contributed by atoms with Gasteiger partial charge in [-0.05, 0) is 45.2 Å². The molecule has 0 bridgehead atoms. The molecule has 1 aromatic carbocycles. The number of rotatable bonds is 5. The van der Waals surface area contributed by atoms with E-state index in [2.05, 4.69) is 32.0 Å². The minimum absolute atomic E-state index is 0.152. The van der Waals surface area contributed by atoms with Crippen molar-refractivity contribution in [3.63, 3.8) is 0 Å². The van der Waals surface area contributed by atoms with Crippen molar-refractivity contribution in [1.29, 1.82) is 0 Å². The lowest BCUT2D eigenvalue weighted by Gasteiger charge is -2.22. The maximum absolute atomic E-state index is 12.1. The molecule has 106 valence electrons. The van der Waals surface area contributed by atoms with E-state index in [9.17, 15) is 4.79 Å². The van der Waals surface area contributed by atoms with Crippen molar-refractivity contribution in [2.75, 3.05) is 7.05 Å². The highest BCUT2D eigenvalue weighted by Gasteiger charge is 2.16. The lowest BCUT2D eigenvalue weighted by atomic mass is 9.99. The van der Waals surface area contributed by atoms with Crippen LogP contribution in [0.2, 0.25) is 0 Å². The summed E-state index contributed by atoms with van der Waals surface area (Å²) in [6, 6.07) is 6.34. The molecular weight excluding hydrogens is 236 g/mol. The van der Waals surface area contributed by atoms with Gasteiger partial charge < -0.3 is 10.6 Å². The lowest BCUT2D eigenvalue weighted by Crippen LogP contribution is -2.35. The maximum atomic E-state index is 12.1. The first-order valence-electron chi connectivity index (χ1n) is 6.78. The molecule has 0 radical (unpaired) electrons. The maximum Gasteiger partial charge on any atom is 0.222 e. The van der Waals surface area contributed by atoms with Crippen LogP contribution in [0.3, 0.4) is 0 Å². The largest absolute Gasteiger partial charge is 0.341 e.